The van der Waals surface area contributed by atoms with Crippen LogP contribution in [0, 0.1) is 0 Å². The molecule has 0 saturated heterocycles. The third kappa shape index (κ3) is 1.98. The molecule has 3 heteroatoms. The van der Waals surface area contributed by atoms with Gasteiger partial charge in [-0.3, -0.25) is 0 Å². The van der Waals surface area contributed by atoms with Gasteiger partial charge in [0, 0.05) is 29.1 Å². The molecule has 17 heavy (non-hydrogen) atoms. The summed E-state index contributed by atoms with van der Waals surface area (Å²) in [4.78, 5) is 5.86. The van der Waals surface area contributed by atoms with Crippen LogP contribution in [0.2, 0.25) is 0 Å². The van der Waals surface area contributed by atoms with Crippen molar-refractivity contribution < 1.29 is 0 Å². The lowest BCUT2D eigenvalue weighted by molar-refractivity contribution is 0.366. The first-order valence-electron chi connectivity index (χ1n) is 6.14. The summed E-state index contributed by atoms with van der Waals surface area (Å²) in [7, 11) is 4.33. The molecule has 0 saturated carbocycles. The number of aromatic nitrogens is 1. The Bertz CT molecular complexity index is 530. The van der Waals surface area contributed by atoms with E-state index >= 15 is 0 Å². The molecule has 90 valence electrons. The minimum atomic E-state index is 0.678. The Morgan fingerprint density at radius 1 is 1.35 bits per heavy atom. The van der Waals surface area contributed by atoms with Gasteiger partial charge in [0.1, 0.15) is 0 Å². The Balaban J connectivity index is 2.10. The number of H-pyrrole nitrogens is 1. The molecule has 0 radical (unpaired) electrons. The van der Waals surface area contributed by atoms with Gasteiger partial charge in [-0.25, -0.2) is 0 Å². The lowest BCUT2D eigenvalue weighted by Gasteiger charge is -2.25. The highest BCUT2D eigenvalue weighted by Gasteiger charge is 2.25. The number of hydrogen-bond donors (Lipinski definition) is 1. The number of nitrogens with one attached hydrogen (secondary N) is 1. The van der Waals surface area contributed by atoms with Crippen LogP contribution in [0.3, 0.4) is 0 Å². The SMILES string of the molecule is CN(C)CC1CCSc2[nH]c3ccccc3c21. The van der Waals surface area contributed by atoms with E-state index in [1.54, 1.807) is 5.56 Å². The van der Waals surface area contributed by atoms with Gasteiger partial charge in [0.15, 0.2) is 0 Å². The Labute approximate surface area is 106 Å². The quantitative estimate of drug-likeness (QED) is 0.876. The van der Waals surface area contributed by atoms with Gasteiger partial charge in [-0.15, -0.1) is 11.8 Å². The van der Waals surface area contributed by atoms with E-state index in [2.05, 4.69) is 48.2 Å². The molecule has 1 aromatic heterocycles. The summed E-state index contributed by atoms with van der Waals surface area (Å²) in [6.07, 6.45) is 1.29. The fourth-order valence-electron chi connectivity index (χ4n) is 2.73. The predicted octanol–water partition coefficient (Wildman–Crippen LogP) is 3.31. The highest BCUT2D eigenvalue weighted by molar-refractivity contribution is 7.99. The summed E-state index contributed by atoms with van der Waals surface area (Å²) in [6.45, 7) is 1.15. The van der Waals surface area contributed by atoms with Crippen molar-refractivity contribution >= 4 is 22.7 Å². The second-order valence-electron chi connectivity index (χ2n) is 5.01. The molecule has 1 atom stereocenters. The highest BCUT2D eigenvalue weighted by Crippen LogP contribution is 2.41. The second kappa shape index (κ2) is 4.39. The number of likely N-dealkylation sites (N-methyl/N-ethyl adjacent to an activating group) is 1. The van der Waals surface area contributed by atoms with Crippen molar-refractivity contribution in [3.63, 3.8) is 0 Å². The van der Waals surface area contributed by atoms with Crippen LogP contribution < -0.4 is 0 Å². The van der Waals surface area contributed by atoms with Crippen molar-refractivity contribution in [2.45, 2.75) is 17.4 Å². The molecule has 1 N–H and O–H groups in total. The molecular formula is C14H18N2S. The molecule has 0 bridgehead atoms. The van der Waals surface area contributed by atoms with Gasteiger partial charge in [0.05, 0.1) is 5.03 Å². The van der Waals surface area contributed by atoms with E-state index in [9.17, 15) is 0 Å². The summed E-state index contributed by atoms with van der Waals surface area (Å²) in [6, 6.07) is 8.68. The molecule has 1 unspecified atom stereocenters. The zero-order valence-corrected chi connectivity index (χ0v) is 11.2. The number of aromatic amines is 1. The van der Waals surface area contributed by atoms with Crippen LogP contribution >= 0.6 is 11.8 Å². The summed E-state index contributed by atoms with van der Waals surface area (Å²) < 4.78 is 0. The molecule has 0 fully saturated rings. The molecule has 0 amide bonds. The van der Waals surface area contributed by atoms with Crippen molar-refractivity contribution in [2.24, 2.45) is 0 Å². The number of rotatable bonds is 2. The van der Waals surface area contributed by atoms with Crippen LogP contribution in [0.4, 0.5) is 0 Å². The zero-order valence-electron chi connectivity index (χ0n) is 10.4. The maximum atomic E-state index is 3.56. The van der Waals surface area contributed by atoms with Crippen molar-refractivity contribution in [3.05, 3.63) is 29.8 Å². The minimum absolute atomic E-state index is 0.678. The molecule has 2 nitrogen and oxygen atoms in total. The van der Waals surface area contributed by atoms with E-state index in [0.29, 0.717) is 5.92 Å². The van der Waals surface area contributed by atoms with Crippen LogP contribution in [0.1, 0.15) is 17.9 Å². The van der Waals surface area contributed by atoms with Crippen LogP contribution in [0.15, 0.2) is 29.3 Å². The largest absolute Gasteiger partial charge is 0.349 e. The van der Waals surface area contributed by atoms with Gasteiger partial charge in [-0.1, -0.05) is 18.2 Å². The topological polar surface area (TPSA) is 19.0 Å². The lowest BCUT2D eigenvalue weighted by atomic mass is 9.95. The van der Waals surface area contributed by atoms with E-state index in [1.165, 1.54) is 28.1 Å². The van der Waals surface area contributed by atoms with E-state index in [0.717, 1.165) is 6.54 Å². The number of thioether (sulfide) groups is 1. The van der Waals surface area contributed by atoms with Gasteiger partial charge in [-0.2, -0.15) is 0 Å². The smallest absolute Gasteiger partial charge is 0.0768 e. The van der Waals surface area contributed by atoms with Crippen LogP contribution in [-0.4, -0.2) is 36.3 Å². The average molecular weight is 246 g/mol. The monoisotopic (exact) mass is 246 g/mol. The van der Waals surface area contributed by atoms with Crippen molar-refractivity contribution in [3.8, 4) is 0 Å². The first-order chi connectivity index (χ1) is 8.25. The Morgan fingerprint density at radius 3 is 3.00 bits per heavy atom. The molecule has 1 aromatic carbocycles. The summed E-state index contributed by atoms with van der Waals surface area (Å²) >= 11 is 1.97. The standard InChI is InChI=1S/C14H18N2S/c1-16(2)9-10-7-8-17-14-13(10)11-5-3-4-6-12(11)15-14/h3-6,10,15H,7-9H2,1-2H3. The zero-order chi connectivity index (χ0) is 11.8. The molecule has 0 aliphatic carbocycles. The number of benzene rings is 1. The number of nitrogens with zero attached hydrogens (tertiary/aromatic N) is 1. The first-order valence-corrected chi connectivity index (χ1v) is 7.12. The van der Waals surface area contributed by atoms with Gasteiger partial charge in [0.2, 0.25) is 0 Å². The molecule has 1 aliphatic rings. The number of fused-ring (bicyclic) bond motifs is 3. The minimum Gasteiger partial charge on any atom is -0.349 e. The number of para-hydroxylation sites is 1. The van der Waals surface area contributed by atoms with Gasteiger partial charge < -0.3 is 9.88 Å². The third-order valence-electron chi connectivity index (χ3n) is 3.42. The summed E-state index contributed by atoms with van der Waals surface area (Å²) in [5, 5.41) is 2.81. The van der Waals surface area contributed by atoms with Crippen molar-refractivity contribution in [1.29, 1.82) is 0 Å². The Morgan fingerprint density at radius 2 is 2.18 bits per heavy atom. The fraction of sp³-hybridized carbons (Fsp3) is 0.429. The average Bonchev–Trinajstić information content (AvgIpc) is 2.67. The van der Waals surface area contributed by atoms with E-state index in [1.807, 2.05) is 11.8 Å². The third-order valence-corrected chi connectivity index (χ3v) is 4.47. The molecule has 2 aromatic rings. The lowest BCUT2D eigenvalue weighted by Crippen LogP contribution is -2.22. The van der Waals surface area contributed by atoms with Crippen LogP contribution in [-0.2, 0) is 0 Å². The molecule has 2 heterocycles. The van der Waals surface area contributed by atoms with E-state index < -0.39 is 0 Å². The predicted molar refractivity (Wildman–Crippen MR) is 74.9 cm³/mol. The van der Waals surface area contributed by atoms with Crippen molar-refractivity contribution in [1.82, 2.24) is 9.88 Å². The van der Waals surface area contributed by atoms with Crippen LogP contribution in [0.5, 0.6) is 0 Å². The molecule has 1 aliphatic heterocycles. The summed E-state index contributed by atoms with van der Waals surface area (Å²) in [5.41, 5.74) is 2.83. The van der Waals surface area contributed by atoms with Gasteiger partial charge in [-0.05, 0) is 32.1 Å². The van der Waals surface area contributed by atoms with Gasteiger partial charge >= 0.3 is 0 Å². The van der Waals surface area contributed by atoms with Crippen molar-refractivity contribution in [2.75, 3.05) is 26.4 Å². The maximum absolute atomic E-state index is 3.56. The molecular weight excluding hydrogens is 228 g/mol. The number of hydrogen-bond acceptors (Lipinski definition) is 2. The van der Waals surface area contributed by atoms with Gasteiger partial charge in [0.25, 0.3) is 0 Å². The Hall–Kier alpha value is -0.930. The maximum Gasteiger partial charge on any atom is 0.0768 e. The van der Waals surface area contributed by atoms with E-state index in [-0.39, 0.29) is 0 Å². The highest BCUT2D eigenvalue weighted by atomic mass is 32.2. The van der Waals surface area contributed by atoms with Crippen LogP contribution in [0.25, 0.3) is 10.9 Å². The molecule has 3 rings (SSSR count). The summed E-state index contributed by atoms with van der Waals surface area (Å²) in [5.74, 6) is 1.91. The fourth-order valence-corrected chi connectivity index (χ4v) is 3.95. The normalized spacial score (nSPS) is 19.8. The second-order valence-corrected chi connectivity index (χ2v) is 6.11. The Kier molecular flexibility index (Phi) is 2.89. The molecule has 0 spiro atoms. The van der Waals surface area contributed by atoms with E-state index in [4.69, 9.17) is 0 Å². The first kappa shape index (κ1) is 11.2.